The fourth-order valence-electron chi connectivity index (χ4n) is 2.61. The number of hydrogen-bond donors (Lipinski definition) is 1. The molecule has 6 heteroatoms. The summed E-state index contributed by atoms with van der Waals surface area (Å²) in [7, 11) is 1.93. The van der Waals surface area contributed by atoms with Crippen molar-refractivity contribution in [3.8, 4) is 0 Å². The van der Waals surface area contributed by atoms with Crippen molar-refractivity contribution in [3.63, 3.8) is 0 Å². The molecule has 0 saturated carbocycles. The maximum Gasteiger partial charge on any atom is 0.159 e. The maximum atomic E-state index is 13.4. The van der Waals surface area contributed by atoms with Gasteiger partial charge in [0.2, 0.25) is 0 Å². The lowest BCUT2D eigenvalue weighted by molar-refractivity contribution is 0.0979. The van der Waals surface area contributed by atoms with Crippen LogP contribution >= 0.6 is 0 Å². The first-order valence-corrected chi connectivity index (χ1v) is 6.91. The van der Waals surface area contributed by atoms with Gasteiger partial charge in [-0.1, -0.05) is 6.07 Å². The van der Waals surface area contributed by atoms with Gasteiger partial charge in [0.25, 0.3) is 0 Å². The molecular formula is C15H17F2N3O. The SMILES string of the molecule is Cn1ccnc1CN[C@H]1CCO[C@@H]1c1ccc(F)c(F)c1. The Bertz CT molecular complexity index is 629. The number of nitrogens with one attached hydrogen (secondary N) is 1. The van der Waals surface area contributed by atoms with Gasteiger partial charge in [-0.3, -0.25) is 0 Å². The smallest absolute Gasteiger partial charge is 0.159 e. The molecule has 2 atom stereocenters. The zero-order chi connectivity index (χ0) is 14.8. The Morgan fingerprint density at radius 3 is 2.95 bits per heavy atom. The fourth-order valence-corrected chi connectivity index (χ4v) is 2.61. The second-order valence-electron chi connectivity index (χ2n) is 5.20. The van der Waals surface area contributed by atoms with E-state index in [-0.39, 0.29) is 12.1 Å². The van der Waals surface area contributed by atoms with Crippen LogP contribution in [0.25, 0.3) is 0 Å². The molecule has 0 radical (unpaired) electrons. The zero-order valence-corrected chi connectivity index (χ0v) is 11.7. The first-order valence-electron chi connectivity index (χ1n) is 6.91. The molecule has 1 fully saturated rings. The van der Waals surface area contributed by atoms with Gasteiger partial charge in [0.1, 0.15) is 5.82 Å². The summed E-state index contributed by atoms with van der Waals surface area (Å²) in [4.78, 5) is 4.25. The summed E-state index contributed by atoms with van der Waals surface area (Å²) in [6.07, 6.45) is 4.19. The van der Waals surface area contributed by atoms with Crippen LogP contribution in [0.2, 0.25) is 0 Å². The molecule has 0 bridgehead atoms. The lowest BCUT2D eigenvalue weighted by atomic mass is 10.0. The third kappa shape index (κ3) is 2.96. The number of benzene rings is 1. The Morgan fingerprint density at radius 1 is 1.38 bits per heavy atom. The molecule has 0 unspecified atom stereocenters. The number of imidazole rings is 1. The van der Waals surface area contributed by atoms with E-state index in [9.17, 15) is 8.78 Å². The van der Waals surface area contributed by atoms with Gasteiger partial charge in [0.05, 0.1) is 12.6 Å². The molecule has 112 valence electrons. The largest absolute Gasteiger partial charge is 0.372 e. The van der Waals surface area contributed by atoms with Crippen LogP contribution in [0.3, 0.4) is 0 Å². The summed E-state index contributed by atoms with van der Waals surface area (Å²) in [5.41, 5.74) is 0.656. The summed E-state index contributed by atoms with van der Waals surface area (Å²) >= 11 is 0. The van der Waals surface area contributed by atoms with Crippen molar-refractivity contribution >= 4 is 0 Å². The van der Waals surface area contributed by atoms with Crippen molar-refractivity contribution in [1.82, 2.24) is 14.9 Å². The number of rotatable bonds is 4. The van der Waals surface area contributed by atoms with Crippen LogP contribution in [-0.2, 0) is 18.3 Å². The zero-order valence-electron chi connectivity index (χ0n) is 11.7. The predicted molar refractivity (Wildman–Crippen MR) is 73.5 cm³/mol. The van der Waals surface area contributed by atoms with Crippen molar-refractivity contribution in [3.05, 3.63) is 53.6 Å². The normalized spacial score (nSPS) is 21.9. The third-order valence-electron chi connectivity index (χ3n) is 3.81. The van der Waals surface area contributed by atoms with Crippen molar-refractivity contribution in [2.75, 3.05) is 6.61 Å². The fraction of sp³-hybridized carbons (Fsp3) is 0.400. The molecule has 4 nitrogen and oxygen atoms in total. The van der Waals surface area contributed by atoms with Gasteiger partial charge in [-0.25, -0.2) is 13.8 Å². The molecule has 3 rings (SSSR count). The average Bonchev–Trinajstić information content (AvgIpc) is 3.08. The number of ether oxygens (including phenoxy) is 1. The first-order chi connectivity index (χ1) is 10.1. The molecule has 0 spiro atoms. The monoisotopic (exact) mass is 293 g/mol. The highest BCUT2D eigenvalue weighted by Crippen LogP contribution is 2.30. The minimum absolute atomic E-state index is 0.0616. The highest BCUT2D eigenvalue weighted by Gasteiger charge is 2.30. The summed E-state index contributed by atoms with van der Waals surface area (Å²) in [6.45, 7) is 1.21. The van der Waals surface area contributed by atoms with Gasteiger partial charge >= 0.3 is 0 Å². The van der Waals surface area contributed by atoms with Gasteiger partial charge in [0.15, 0.2) is 11.6 Å². The highest BCUT2D eigenvalue weighted by molar-refractivity contribution is 5.22. The van der Waals surface area contributed by atoms with Crippen LogP contribution in [0.5, 0.6) is 0 Å². The van der Waals surface area contributed by atoms with Crippen LogP contribution in [0.4, 0.5) is 8.78 Å². The quantitative estimate of drug-likeness (QED) is 0.940. The average molecular weight is 293 g/mol. The van der Waals surface area contributed by atoms with E-state index in [2.05, 4.69) is 10.3 Å². The van der Waals surface area contributed by atoms with Gasteiger partial charge in [-0.05, 0) is 24.1 Å². The van der Waals surface area contributed by atoms with E-state index >= 15 is 0 Å². The number of aromatic nitrogens is 2. The van der Waals surface area contributed by atoms with E-state index in [1.54, 1.807) is 12.3 Å². The molecule has 0 aliphatic carbocycles. The Balaban J connectivity index is 1.70. The molecular weight excluding hydrogens is 276 g/mol. The lowest BCUT2D eigenvalue weighted by Gasteiger charge is -2.20. The second-order valence-corrected chi connectivity index (χ2v) is 5.20. The van der Waals surface area contributed by atoms with Crippen LogP contribution in [0.15, 0.2) is 30.6 Å². The topological polar surface area (TPSA) is 39.1 Å². The van der Waals surface area contributed by atoms with Crippen molar-refractivity contribution in [2.45, 2.75) is 25.1 Å². The Hall–Kier alpha value is -1.79. The lowest BCUT2D eigenvalue weighted by Crippen LogP contribution is -2.32. The van der Waals surface area contributed by atoms with E-state index in [4.69, 9.17) is 4.74 Å². The van der Waals surface area contributed by atoms with Crippen molar-refractivity contribution in [1.29, 1.82) is 0 Å². The highest BCUT2D eigenvalue weighted by atomic mass is 19.2. The molecule has 2 aromatic rings. The molecule has 0 amide bonds. The number of nitrogens with zero attached hydrogens (tertiary/aromatic N) is 2. The van der Waals surface area contributed by atoms with Crippen LogP contribution in [0, 0.1) is 11.6 Å². The van der Waals surface area contributed by atoms with Gasteiger partial charge in [-0.2, -0.15) is 0 Å². The van der Waals surface area contributed by atoms with E-state index in [1.807, 2.05) is 17.8 Å². The molecule has 1 aliphatic rings. The van der Waals surface area contributed by atoms with Crippen molar-refractivity contribution in [2.24, 2.45) is 7.05 Å². The minimum Gasteiger partial charge on any atom is -0.372 e. The van der Waals surface area contributed by atoms with Crippen LogP contribution in [-0.4, -0.2) is 22.2 Å². The second kappa shape index (κ2) is 5.91. The number of halogens is 2. The van der Waals surface area contributed by atoms with Gasteiger partial charge in [-0.15, -0.1) is 0 Å². The third-order valence-corrected chi connectivity index (χ3v) is 3.81. The molecule has 1 aliphatic heterocycles. The number of hydrogen-bond acceptors (Lipinski definition) is 3. The number of aryl methyl sites for hydroxylation is 1. The minimum atomic E-state index is -0.842. The maximum absolute atomic E-state index is 13.4. The summed E-state index contributed by atoms with van der Waals surface area (Å²) in [5.74, 6) is -0.758. The van der Waals surface area contributed by atoms with Crippen molar-refractivity contribution < 1.29 is 13.5 Å². The Kier molecular flexibility index (Phi) is 3.98. The molecule has 1 saturated heterocycles. The van der Waals surface area contributed by atoms with Crippen LogP contribution in [0.1, 0.15) is 23.9 Å². The molecule has 1 aromatic heterocycles. The molecule has 1 aromatic carbocycles. The van der Waals surface area contributed by atoms with E-state index in [0.717, 1.165) is 18.3 Å². The summed E-state index contributed by atoms with van der Waals surface area (Å²) in [6, 6.07) is 3.99. The van der Waals surface area contributed by atoms with E-state index in [1.165, 1.54) is 6.07 Å². The standard InChI is InChI=1S/C15H17F2N3O/c1-20-6-5-18-14(20)9-19-13-4-7-21-15(13)10-2-3-11(16)12(17)8-10/h2-3,5-6,8,13,15,19H,4,7,9H2,1H3/t13-,15+/m0/s1. The van der Waals surface area contributed by atoms with E-state index < -0.39 is 11.6 Å². The Morgan fingerprint density at radius 2 is 2.24 bits per heavy atom. The summed E-state index contributed by atoms with van der Waals surface area (Å²) in [5, 5.41) is 3.38. The van der Waals surface area contributed by atoms with Gasteiger partial charge < -0.3 is 14.6 Å². The first kappa shape index (κ1) is 14.2. The predicted octanol–water partition coefficient (Wildman–Crippen LogP) is 2.32. The summed E-state index contributed by atoms with van der Waals surface area (Å²) < 4.78 is 34.0. The molecule has 1 N–H and O–H groups in total. The van der Waals surface area contributed by atoms with Gasteiger partial charge in [0, 0.05) is 32.1 Å². The van der Waals surface area contributed by atoms with Crippen LogP contribution < -0.4 is 5.32 Å². The molecule has 21 heavy (non-hydrogen) atoms. The molecule has 2 heterocycles. The Labute approximate surface area is 121 Å². The van der Waals surface area contributed by atoms with E-state index in [0.29, 0.717) is 18.7 Å².